The van der Waals surface area contributed by atoms with Crippen molar-refractivity contribution >= 4 is 45.1 Å². The summed E-state index contributed by atoms with van der Waals surface area (Å²) in [7, 11) is 0. The van der Waals surface area contributed by atoms with E-state index in [9.17, 15) is 4.79 Å². The lowest BCUT2D eigenvalue weighted by molar-refractivity contribution is 0.0940. The molecular formula is C28H27N5O2S. The van der Waals surface area contributed by atoms with E-state index < -0.39 is 0 Å². The summed E-state index contributed by atoms with van der Waals surface area (Å²) in [5.41, 5.74) is 10.6. The fourth-order valence-corrected chi connectivity index (χ4v) is 6.08. The Morgan fingerprint density at radius 3 is 2.78 bits per heavy atom. The van der Waals surface area contributed by atoms with Crippen molar-refractivity contribution in [3.8, 4) is 17.2 Å². The number of benzene rings is 2. The van der Waals surface area contributed by atoms with E-state index in [1.54, 1.807) is 6.20 Å². The van der Waals surface area contributed by atoms with E-state index in [1.807, 2.05) is 61.5 Å². The van der Waals surface area contributed by atoms with Crippen molar-refractivity contribution in [1.82, 2.24) is 19.9 Å². The molecule has 0 radical (unpaired) electrons. The highest BCUT2D eigenvalue weighted by Gasteiger charge is 2.28. The van der Waals surface area contributed by atoms with Gasteiger partial charge in [0.1, 0.15) is 26.7 Å². The lowest BCUT2D eigenvalue weighted by Crippen LogP contribution is -2.43. The molecule has 1 saturated carbocycles. The highest BCUT2D eigenvalue weighted by atomic mass is 32.1. The standard InChI is InChI=1S/C28H27N5O2S/c1-16-15-19(35-18-7-4-3-5-8-18)11-12-22(16)33-17(2)31-25-24-23(33)13-14-30-28(24)36-26(25)27(34)32-21-10-6-9-20(21)29/h3-5,7-8,11-15,20-21,31H,2,6,9-10,29H2,1H3,(H,32,34)/t20-,21?/m0/s1. The molecule has 0 bridgehead atoms. The molecule has 7 nitrogen and oxygen atoms in total. The van der Waals surface area contributed by atoms with Crippen LogP contribution in [0.1, 0.15) is 34.5 Å². The van der Waals surface area contributed by atoms with Gasteiger partial charge >= 0.3 is 0 Å². The van der Waals surface area contributed by atoms with Crippen molar-refractivity contribution in [1.29, 1.82) is 0 Å². The molecule has 1 amide bonds. The Morgan fingerprint density at radius 2 is 2.03 bits per heavy atom. The van der Waals surface area contributed by atoms with Crippen LogP contribution in [0.5, 0.6) is 11.5 Å². The first-order chi connectivity index (χ1) is 17.5. The number of para-hydroxylation sites is 1. The molecule has 0 saturated heterocycles. The molecule has 3 heterocycles. The summed E-state index contributed by atoms with van der Waals surface area (Å²) < 4.78 is 8.09. The van der Waals surface area contributed by atoms with Gasteiger partial charge in [-0.1, -0.05) is 24.8 Å². The largest absolute Gasteiger partial charge is 0.457 e. The summed E-state index contributed by atoms with van der Waals surface area (Å²) in [6.45, 7) is 6.35. The van der Waals surface area contributed by atoms with Gasteiger partial charge in [-0.15, -0.1) is 11.3 Å². The number of pyridine rings is 1. The lowest BCUT2D eigenvalue weighted by Gasteiger charge is -2.17. The molecule has 36 heavy (non-hydrogen) atoms. The van der Waals surface area contributed by atoms with Crippen LogP contribution < -0.4 is 21.3 Å². The van der Waals surface area contributed by atoms with Gasteiger partial charge in [-0.3, -0.25) is 9.36 Å². The number of aryl methyl sites for hydroxylation is 1. The number of carbonyl (C=O) groups is 1. The second-order valence-electron chi connectivity index (χ2n) is 9.26. The molecule has 6 rings (SSSR count). The van der Waals surface area contributed by atoms with Crippen molar-refractivity contribution in [3.05, 3.63) is 76.7 Å². The number of rotatable bonds is 5. The molecule has 182 valence electrons. The van der Waals surface area contributed by atoms with Crippen molar-refractivity contribution in [2.45, 2.75) is 38.3 Å². The zero-order chi connectivity index (χ0) is 24.8. The minimum atomic E-state index is -0.117. The van der Waals surface area contributed by atoms with Gasteiger partial charge in [-0.2, -0.15) is 0 Å². The summed E-state index contributed by atoms with van der Waals surface area (Å²) >= 11 is 1.39. The first-order valence-electron chi connectivity index (χ1n) is 12.1. The Balaban J connectivity index is 1.42. The summed E-state index contributed by atoms with van der Waals surface area (Å²) in [5, 5.41) is 4.06. The molecule has 0 aliphatic heterocycles. The van der Waals surface area contributed by atoms with Crippen LogP contribution in [0.3, 0.4) is 0 Å². The molecule has 8 heteroatoms. The number of thiophene rings is 1. The number of nitrogens with one attached hydrogen (secondary N) is 2. The van der Waals surface area contributed by atoms with Crippen molar-refractivity contribution < 1.29 is 9.53 Å². The van der Waals surface area contributed by atoms with Crippen molar-refractivity contribution in [2.24, 2.45) is 5.73 Å². The third-order valence-corrected chi connectivity index (χ3v) is 7.93. The predicted molar refractivity (Wildman–Crippen MR) is 145 cm³/mol. The Morgan fingerprint density at radius 1 is 1.19 bits per heavy atom. The Kier molecular flexibility index (Phi) is 5.62. The second-order valence-corrected chi connectivity index (χ2v) is 10.3. The Bertz CT molecular complexity index is 1650. The van der Waals surface area contributed by atoms with Crippen LogP contribution in [0.15, 0.2) is 60.8 Å². The average Bonchev–Trinajstić information content (AvgIpc) is 3.45. The zero-order valence-electron chi connectivity index (χ0n) is 20.0. The molecule has 1 fully saturated rings. The van der Waals surface area contributed by atoms with Crippen LogP contribution >= 0.6 is 11.3 Å². The monoisotopic (exact) mass is 497 g/mol. The van der Waals surface area contributed by atoms with E-state index in [0.717, 1.165) is 63.3 Å². The number of H-pyrrole nitrogens is 1. The highest BCUT2D eigenvalue weighted by Crippen LogP contribution is 2.35. The van der Waals surface area contributed by atoms with Crippen molar-refractivity contribution in [3.63, 3.8) is 0 Å². The molecule has 2 aromatic carbocycles. The summed E-state index contributed by atoms with van der Waals surface area (Å²) in [6, 6.07) is 17.7. The number of nitrogens with two attached hydrogens (primary N) is 1. The van der Waals surface area contributed by atoms with Gasteiger partial charge < -0.3 is 20.8 Å². The van der Waals surface area contributed by atoms with E-state index in [0.29, 0.717) is 10.4 Å². The first kappa shape index (κ1) is 22.6. The molecule has 2 atom stereocenters. The number of nitrogens with zero attached hydrogens (tertiary/aromatic N) is 2. The van der Waals surface area contributed by atoms with Crippen LogP contribution in [-0.4, -0.2) is 32.5 Å². The van der Waals surface area contributed by atoms with Crippen LogP contribution in [0, 0.1) is 6.92 Å². The number of carbonyl (C=O) groups excluding carboxylic acids is 1. The molecule has 1 unspecified atom stereocenters. The third-order valence-electron chi connectivity index (χ3n) is 6.83. The van der Waals surface area contributed by atoms with Crippen molar-refractivity contribution in [2.75, 3.05) is 0 Å². The number of hydrogen-bond donors (Lipinski definition) is 3. The zero-order valence-corrected chi connectivity index (χ0v) is 20.8. The number of aromatic amines is 1. The van der Waals surface area contributed by atoms with Gasteiger partial charge in [0, 0.05) is 18.3 Å². The van der Waals surface area contributed by atoms with Gasteiger partial charge in [0.15, 0.2) is 0 Å². The minimum absolute atomic E-state index is 0.00334. The smallest absolute Gasteiger partial charge is 0.263 e. The summed E-state index contributed by atoms with van der Waals surface area (Å²) in [5.74, 6) is 1.43. The highest BCUT2D eigenvalue weighted by molar-refractivity contribution is 7.21. The lowest BCUT2D eigenvalue weighted by atomic mass is 10.1. The SMILES string of the molecule is C=c1[nH]c2c(C(=O)NC3CCC[C@@H]3N)sc3nccc(c32)n1-c1ccc(Oc2ccccc2)cc1C. The molecule has 1 aliphatic carbocycles. The number of aromatic nitrogens is 3. The maximum atomic E-state index is 13.2. The van der Waals surface area contributed by atoms with E-state index in [-0.39, 0.29) is 18.0 Å². The van der Waals surface area contributed by atoms with E-state index >= 15 is 0 Å². The van der Waals surface area contributed by atoms with Gasteiger partial charge in [-0.05, 0) is 68.1 Å². The molecule has 1 aliphatic rings. The predicted octanol–water partition coefficient (Wildman–Crippen LogP) is 4.97. The molecule has 5 aromatic rings. The number of hydrogen-bond acceptors (Lipinski definition) is 5. The first-order valence-corrected chi connectivity index (χ1v) is 12.9. The molecular weight excluding hydrogens is 470 g/mol. The van der Waals surface area contributed by atoms with Gasteiger partial charge in [-0.25, -0.2) is 4.98 Å². The third kappa shape index (κ3) is 3.88. The number of ether oxygens (including phenoxy) is 1. The summed E-state index contributed by atoms with van der Waals surface area (Å²) in [4.78, 5) is 22.6. The maximum Gasteiger partial charge on any atom is 0.263 e. The average molecular weight is 498 g/mol. The van der Waals surface area contributed by atoms with Crippen LogP contribution in [0.4, 0.5) is 0 Å². The Labute approximate surface area is 212 Å². The fourth-order valence-electron chi connectivity index (χ4n) is 5.06. The minimum Gasteiger partial charge on any atom is -0.457 e. The van der Waals surface area contributed by atoms with Crippen LogP contribution in [0.2, 0.25) is 0 Å². The fraction of sp³-hybridized carbons (Fsp3) is 0.214. The van der Waals surface area contributed by atoms with E-state index in [2.05, 4.69) is 26.4 Å². The Hall–Kier alpha value is -3.88. The van der Waals surface area contributed by atoms with Crippen LogP contribution in [-0.2, 0) is 0 Å². The molecule has 3 aromatic heterocycles. The van der Waals surface area contributed by atoms with Gasteiger partial charge in [0.25, 0.3) is 5.91 Å². The summed E-state index contributed by atoms with van der Waals surface area (Å²) in [6.07, 6.45) is 4.66. The van der Waals surface area contributed by atoms with Gasteiger partial charge in [0.05, 0.1) is 22.1 Å². The number of amides is 1. The van der Waals surface area contributed by atoms with Crippen LogP contribution in [0.25, 0.3) is 33.5 Å². The van der Waals surface area contributed by atoms with Gasteiger partial charge in [0.2, 0.25) is 0 Å². The van der Waals surface area contributed by atoms with E-state index in [1.165, 1.54) is 11.3 Å². The maximum absolute atomic E-state index is 13.2. The molecule has 4 N–H and O–H groups in total. The second kappa shape index (κ2) is 8.96. The quantitative estimate of drug-likeness (QED) is 0.319. The molecule has 0 spiro atoms. The topological polar surface area (TPSA) is 98.0 Å². The van der Waals surface area contributed by atoms with E-state index in [4.69, 9.17) is 10.5 Å². The normalized spacial score (nSPS) is 17.6.